The molecule has 1 unspecified atom stereocenters. The molecule has 3 aromatic rings. The Bertz CT molecular complexity index is 1420. The molecule has 2 aromatic carbocycles. The van der Waals surface area contributed by atoms with Crippen molar-refractivity contribution in [1.82, 2.24) is 19.9 Å². The zero-order valence-corrected chi connectivity index (χ0v) is 25.1. The maximum Gasteiger partial charge on any atom is 0.338 e. The van der Waals surface area contributed by atoms with Crippen LogP contribution in [0.1, 0.15) is 10.4 Å². The molecule has 0 amide bonds. The second-order valence-electron chi connectivity index (χ2n) is 8.97. The summed E-state index contributed by atoms with van der Waals surface area (Å²) in [4.78, 5) is 29.0. The molecule has 1 fully saturated rings. The summed E-state index contributed by atoms with van der Waals surface area (Å²) in [5, 5.41) is 8.56. The number of hydrogen-bond donors (Lipinski definition) is 0. The molecule has 15 heteroatoms. The van der Waals surface area contributed by atoms with Crippen molar-refractivity contribution in [1.29, 1.82) is 0 Å². The first-order chi connectivity index (χ1) is 19.9. The fourth-order valence-corrected chi connectivity index (χ4v) is 4.62. The van der Waals surface area contributed by atoms with Crippen LogP contribution in [0.4, 0.5) is 0 Å². The molecule has 1 aliphatic heterocycles. The van der Waals surface area contributed by atoms with Crippen molar-refractivity contribution in [3.05, 3.63) is 34.1 Å². The van der Waals surface area contributed by atoms with Crippen LogP contribution in [0.25, 0.3) is 10.9 Å². The molecular weight excluding hydrogens is 576 g/mol. The number of fused-ring (bicyclic) bond motifs is 1. The Morgan fingerprint density at radius 2 is 1.40 bits per heavy atom. The minimum atomic E-state index is -0.772. The van der Waals surface area contributed by atoms with Crippen LogP contribution in [-0.2, 0) is 16.0 Å². The molecule has 0 N–H and O–H groups in total. The molecule has 2 heterocycles. The number of aromatic nitrogens is 3. The van der Waals surface area contributed by atoms with Crippen LogP contribution in [0.2, 0.25) is 0 Å². The van der Waals surface area contributed by atoms with Gasteiger partial charge >= 0.3 is 5.97 Å². The van der Waals surface area contributed by atoms with E-state index in [9.17, 15) is 9.59 Å². The van der Waals surface area contributed by atoms with Gasteiger partial charge in [-0.3, -0.25) is 9.69 Å². The number of esters is 1. The van der Waals surface area contributed by atoms with Gasteiger partial charge in [-0.05, 0) is 18.2 Å². The van der Waals surface area contributed by atoms with E-state index in [0.29, 0.717) is 61.6 Å². The fraction of sp³-hybridized carbons (Fsp3) is 0.481. The minimum absolute atomic E-state index is 0. The molecule has 1 atom stereocenters. The van der Waals surface area contributed by atoms with Gasteiger partial charge in [0.2, 0.25) is 11.5 Å². The molecule has 4 rings (SSSR count). The molecule has 0 radical (unpaired) electrons. The lowest BCUT2D eigenvalue weighted by Gasteiger charge is -2.30. The van der Waals surface area contributed by atoms with Crippen molar-refractivity contribution in [2.45, 2.75) is 12.6 Å². The zero-order valence-electron chi connectivity index (χ0n) is 24.3. The first-order valence-corrected chi connectivity index (χ1v) is 12.8. The lowest BCUT2D eigenvalue weighted by atomic mass is 10.1. The largest absolute Gasteiger partial charge is 0.493 e. The first-order valence-electron chi connectivity index (χ1n) is 12.8. The number of morpholine rings is 1. The van der Waals surface area contributed by atoms with Gasteiger partial charge in [0, 0.05) is 19.6 Å². The van der Waals surface area contributed by atoms with Gasteiger partial charge in [0.1, 0.15) is 11.6 Å². The minimum Gasteiger partial charge on any atom is -0.493 e. The quantitative estimate of drug-likeness (QED) is 0.275. The molecule has 1 saturated heterocycles. The standard InChI is InChI=1S/C27H34N4O10.ClH/c1-34-19-11-16(12-20(35-2)23(19)37-4)27(33)41-17(14-30-7-9-40-10-8-30)15-31-26(32)18-13-21(36-3)24(38-5)25(39-6)22(18)28-29-31;/h11-13,17H,7-10,14-15H2,1-6H3;1H. The van der Waals surface area contributed by atoms with Gasteiger partial charge in [0.15, 0.2) is 23.0 Å². The maximum absolute atomic E-state index is 13.6. The Kier molecular flexibility index (Phi) is 11.4. The van der Waals surface area contributed by atoms with Crippen LogP contribution in [0.3, 0.4) is 0 Å². The maximum atomic E-state index is 13.6. The third-order valence-corrected chi connectivity index (χ3v) is 6.64. The summed E-state index contributed by atoms with van der Waals surface area (Å²) in [6.45, 7) is 2.65. The van der Waals surface area contributed by atoms with E-state index in [1.165, 1.54) is 60.9 Å². The summed E-state index contributed by atoms with van der Waals surface area (Å²) in [5.74, 6) is 1.12. The van der Waals surface area contributed by atoms with Gasteiger partial charge in [-0.25, -0.2) is 9.48 Å². The van der Waals surface area contributed by atoms with Crippen molar-refractivity contribution in [2.24, 2.45) is 0 Å². The third kappa shape index (κ3) is 6.72. The van der Waals surface area contributed by atoms with Crippen LogP contribution in [0.15, 0.2) is 23.0 Å². The van der Waals surface area contributed by atoms with Gasteiger partial charge in [-0.2, -0.15) is 0 Å². The van der Waals surface area contributed by atoms with E-state index in [-0.39, 0.29) is 41.2 Å². The lowest BCUT2D eigenvalue weighted by Crippen LogP contribution is -2.44. The van der Waals surface area contributed by atoms with Crippen molar-refractivity contribution < 1.29 is 42.7 Å². The van der Waals surface area contributed by atoms with Gasteiger partial charge in [0.05, 0.1) is 73.4 Å². The number of rotatable bonds is 12. The molecule has 0 spiro atoms. The van der Waals surface area contributed by atoms with E-state index in [1.807, 2.05) is 0 Å². The molecule has 0 bridgehead atoms. The van der Waals surface area contributed by atoms with Crippen LogP contribution in [0, 0.1) is 0 Å². The number of ether oxygens (including phenoxy) is 8. The van der Waals surface area contributed by atoms with Gasteiger partial charge in [-0.1, -0.05) is 5.21 Å². The third-order valence-electron chi connectivity index (χ3n) is 6.64. The molecule has 230 valence electrons. The highest BCUT2D eigenvalue weighted by Crippen LogP contribution is 2.41. The van der Waals surface area contributed by atoms with Crippen LogP contribution < -0.4 is 34.0 Å². The Morgan fingerprint density at radius 3 is 1.95 bits per heavy atom. The van der Waals surface area contributed by atoms with E-state index in [4.69, 9.17) is 37.9 Å². The smallest absolute Gasteiger partial charge is 0.338 e. The van der Waals surface area contributed by atoms with Crippen molar-refractivity contribution in [3.8, 4) is 34.5 Å². The Hall–Kier alpha value is -4.01. The van der Waals surface area contributed by atoms with E-state index < -0.39 is 17.6 Å². The van der Waals surface area contributed by atoms with Gasteiger partial charge < -0.3 is 37.9 Å². The Labute approximate surface area is 248 Å². The summed E-state index contributed by atoms with van der Waals surface area (Å²) >= 11 is 0. The van der Waals surface area contributed by atoms with Crippen molar-refractivity contribution >= 4 is 29.3 Å². The molecule has 1 aliphatic rings. The number of nitrogens with zero attached hydrogens (tertiary/aromatic N) is 4. The van der Waals surface area contributed by atoms with Crippen LogP contribution in [0.5, 0.6) is 34.5 Å². The summed E-state index contributed by atoms with van der Waals surface area (Å²) < 4.78 is 44.9. The lowest BCUT2D eigenvalue weighted by molar-refractivity contribution is -0.00926. The normalized spacial score (nSPS) is 14.0. The predicted octanol–water partition coefficient (Wildman–Crippen LogP) is 1.82. The molecule has 14 nitrogen and oxygen atoms in total. The summed E-state index contributed by atoms with van der Waals surface area (Å²) in [7, 11) is 8.73. The number of halogens is 1. The highest BCUT2D eigenvalue weighted by Gasteiger charge is 2.26. The first kappa shape index (κ1) is 32.5. The highest BCUT2D eigenvalue weighted by molar-refractivity contribution is 5.91. The number of methoxy groups -OCH3 is 6. The second kappa shape index (κ2) is 14.8. The number of carbonyl (C=O) groups excluding carboxylic acids is 1. The number of carbonyl (C=O) groups is 1. The predicted molar refractivity (Wildman–Crippen MR) is 153 cm³/mol. The fourth-order valence-electron chi connectivity index (χ4n) is 4.62. The summed E-state index contributed by atoms with van der Waals surface area (Å²) in [5.41, 5.74) is -0.0689. The molecule has 0 aliphatic carbocycles. The summed E-state index contributed by atoms with van der Waals surface area (Å²) in [6.07, 6.45) is -0.772. The summed E-state index contributed by atoms with van der Waals surface area (Å²) in [6, 6.07) is 4.52. The number of benzene rings is 2. The van der Waals surface area contributed by atoms with E-state index in [2.05, 4.69) is 15.2 Å². The molecule has 1 aromatic heterocycles. The van der Waals surface area contributed by atoms with E-state index >= 15 is 0 Å². The number of hydrogen-bond acceptors (Lipinski definition) is 13. The second-order valence-corrected chi connectivity index (χ2v) is 8.97. The van der Waals surface area contributed by atoms with Crippen molar-refractivity contribution in [2.75, 3.05) is 75.5 Å². The SMILES string of the molecule is COc1cc(C(=O)OC(CN2CCOCC2)Cn2nnc3c(OC)c(OC)c(OC)cc3c2=O)cc(OC)c1OC.Cl. The Balaban J connectivity index is 0.00000484. The van der Waals surface area contributed by atoms with Crippen LogP contribution in [-0.4, -0.2) is 107 Å². The highest BCUT2D eigenvalue weighted by atomic mass is 35.5. The average Bonchev–Trinajstić information content (AvgIpc) is 3.00. The van der Waals surface area contributed by atoms with Gasteiger partial charge in [-0.15, -0.1) is 17.5 Å². The zero-order chi connectivity index (χ0) is 29.5. The molecule has 0 saturated carbocycles. The topological polar surface area (TPSA) is 142 Å². The van der Waals surface area contributed by atoms with Crippen molar-refractivity contribution in [3.63, 3.8) is 0 Å². The van der Waals surface area contributed by atoms with E-state index in [0.717, 1.165) is 4.68 Å². The molecular formula is C27H35ClN4O10. The Morgan fingerprint density at radius 1 is 0.833 bits per heavy atom. The average molecular weight is 611 g/mol. The van der Waals surface area contributed by atoms with Crippen LogP contribution >= 0.6 is 12.4 Å². The monoisotopic (exact) mass is 610 g/mol. The van der Waals surface area contributed by atoms with Gasteiger partial charge in [0.25, 0.3) is 5.56 Å². The van der Waals surface area contributed by atoms with E-state index in [1.54, 1.807) is 0 Å². The molecule has 42 heavy (non-hydrogen) atoms.